The van der Waals surface area contributed by atoms with Crippen LogP contribution in [-0.4, -0.2) is 31.4 Å². The van der Waals surface area contributed by atoms with E-state index in [1.165, 1.54) is 0 Å². The number of nitrogens with zero attached hydrogens (tertiary/aromatic N) is 4. The van der Waals surface area contributed by atoms with E-state index in [0.29, 0.717) is 12.5 Å². The maximum absolute atomic E-state index is 10.3. The summed E-state index contributed by atoms with van der Waals surface area (Å²) in [6.07, 6.45) is 6.72. The molecule has 2 aromatic heterocycles. The van der Waals surface area contributed by atoms with Crippen LogP contribution in [0, 0.1) is 0 Å². The Kier molecular flexibility index (Phi) is 3.63. The second-order valence-electron chi connectivity index (χ2n) is 4.25. The van der Waals surface area contributed by atoms with Gasteiger partial charge < -0.3 is 10.4 Å². The molecule has 96 valence electrons. The molecule has 2 N–H and O–H groups in total. The number of nitrogens with one attached hydrogen (secondary N) is 1. The Hall–Kier alpha value is -1.47. The molecular weight excluding hydrogens is 298 g/mol. The molecule has 1 atom stereocenters. The molecule has 7 heteroatoms. The molecule has 2 heterocycles. The van der Waals surface area contributed by atoms with Gasteiger partial charge in [0, 0.05) is 31.2 Å². The lowest BCUT2D eigenvalue weighted by Crippen LogP contribution is -2.30. The summed E-state index contributed by atoms with van der Waals surface area (Å²) in [5.41, 5.74) is -0.278. The van der Waals surface area contributed by atoms with Crippen molar-refractivity contribution in [3.05, 3.63) is 34.8 Å². The zero-order valence-corrected chi connectivity index (χ0v) is 11.7. The van der Waals surface area contributed by atoms with Crippen LogP contribution in [0.4, 0.5) is 5.95 Å². The summed E-state index contributed by atoms with van der Waals surface area (Å²) in [5, 5.41) is 17.4. The predicted octanol–water partition coefficient (Wildman–Crippen LogP) is 1.29. The zero-order valence-electron chi connectivity index (χ0n) is 10.1. The minimum absolute atomic E-state index is 0.306. The first-order valence-electron chi connectivity index (χ1n) is 5.40. The van der Waals surface area contributed by atoms with Crippen molar-refractivity contribution in [3.8, 4) is 0 Å². The van der Waals surface area contributed by atoms with Crippen molar-refractivity contribution < 1.29 is 5.11 Å². The highest BCUT2D eigenvalue weighted by molar-refractivity contribution is 9.10. The van der Waals surface area contributed by atoms with Gasteiger partial charge in [-0.2, -0.15) is 5.10 Å². The summed E-state index contributed by atoms with van der Waals surface area (Å²) < 4.78 is 2.46. The summed E-state index contributed by atoms with van der Waals surface area (Å²) in [7, 11) is 1.81. The topological polar surface area (TPSA) is 75.9 Å². The van der Waals surface area contributed by atoms with Gasteiger partial charge in [-0.3, -0.25) is 4.68 Å². The quantitative estimate of drug-likeness (QED) is 0.890. The van der Waals surface area contributed by atoms with E-state index in [1.807, 2.05) is 7.05 Å². The van der Waals surface area contributed by atoms with Gasteiger partial charge in [0.15, 0.2) is 0 Å². The van der Waals surface area contributed by atoms with Crippen molar-refractivity contribution in [2.75, 3.05) is 11.9 Å². The van der Waals surface area contributed by atoms with Gasteiger partial charge in [-0.05, 0) is 22.9 Å². The SMILES string of the molecule is Cn1cc(C(C)(O)CNc2ncc(Br)cn2)cn1. The molecule has 0 saturated carbocycles. The van der Waals surface area contributed by atoms with Crippen LogP contribution in [0.15, 0.2) is 29.3 Å². The highest BCUT2D eigenvalue weighted by atomic mass is 79.9. The van der Waals surface area contributed by atoms with Gasteiger partial charge >= 0.3 is 0 Å². The number of anilines is 1. The van der Waals surface area contributed by atoms with Crippen LogP contribution in [0.2, 0.25) is 0 Å². The lowest BCUT2D eigenvalue weighted by molar-refractivity contribution is 0.0712. The second-order valence-corrected chi connectivity index (χ2v) is 5.17. The minimum atomic E-state index is -1.02. The largest absolute Gasteiger partial charge is 0.383 e. The molecule has 0 amide bonds. The highest BCUT2D eigenvalue weighted by Crippen LogP contribution is 2.19. The van der Waals surface area contributed by atoms with Crippen molar-refractivity contribution in [1.82, 2.24) is 19.7 Å². The summed E-state index contributed by atoms with van der Waals surface area (Å²) >= 11 is 3.26. The number of aliphatic hydroxyl groups is 1. The van der Waals surface area contributed by atoms with Crippen molar-refractivity contribution >= 4 is 21.9 Å². The second kappa shape index (κ2) is 5.03. The molecule has 2 rings (SSSR count). The van der Waals surface area contributed by atoms with Crippen LogP contribution in [0.1, 0.15) is 12.5 Å². The number of rotatable bonds is 4. The van der Waals surface area contributed by atoms with Crippen LogP contribution < -0.4 is 5.32 Å². The number of hydrogen-bond donors (Lipinski definition) is 2. The van der Waals surface area contributed by atoms with E-state index in [2.05, 4.69) is 36.3 Å². The lowest BCUT2D eigenvalue weighted by Gasteiger charge is -2.22. The van der Waals surface area contributed by atoms with Gasteiger partial charge in [-0.25, -0.2) is 9.97 Å². The average Bonchev–Trinajstić information content (AvgIpc) is 2.76. The van der Waals surface area contributed by atoms with E-state index in [-0.39, 0.29) is 0 Å². The van der Waals surface area contributed by atoms with E-state index in [9.17, 15) is 5.11 Å². The van der Waals surface area contributed by atoms with E-state index >= 15 is 0 Å². The van der Waals surface area contributed by atoms with E-state index in [1.54, 1.807) is 36.4 Å². The first-order chi connectivity index (χ1) is 8.47. The summed E-state index contributed by atoms with van der Waals surface area (Å²) in [5.74, 6) is 0.474. The fraction of sp³-hybridized carbons (Fsp3) is 0.364. The van der Waals surface area contributed by atoms with E-state index in [4.69, 9.17) is 0 Å². The maximum Gasteiger partial charge on any atom is 0.222 e. The average molecular weight is 312 g/mol. The monoisotopic (exact) mass is 311 g/mol. The Bertz CT molecular complexity index is 522. The van der Waals surface area contributed by atoms with Gasteiger partial charge in [0.05, 0.1) is 17.2 Å². The van der Waals surface area contributed by atoms with Crippen molar-refractivity contribution in [2.24, 2.45) is 7.05 Å². The summed E-state index contributed by atoms with van der Waals surface area (Å²) in [6, 6.07) is 0. The molecule has 0 fully saturated rings. The number of aryl methyl sites for hydroxylation is 1. The molecule has 0 aliphatic heterocycles. The molecule has 0 aliphatic carbocycles. The third-order valence-electron chi connectivity index (χ3n) is 2.54. The normalized spacial score (nSPS) is 14.2. The van der Waals surface area contributed by atoms with Crippen molar-refractivity contribution in [2.45, 2.75) is 12.5 Å². The molecule has 6 nitrogen and oxygen atoms in total. The van der Waals surface area contributed by atoms with Gasteiger partial charge in [-0.15, -0.1) is 0 Å². The van der Waals surface area contributed by atoms with Crippen LogP contribution in [0.5, 0.6) is 0 Å². The van der Waals surface area contributed by atoms with Crippen LogP contribution >= 0.6 is 15.9 Å². The molecular formula is C11H14BrN5O. The van der Waals surface area contributed by atoms with Gasteiger partial charge in [0.1, 0.15) is 5.60 Å². The molecule has 2 aromatic rings. The van der Waals surface area contributed by atoms with E-state index < -0.39 is 5.60 Å². The molecule has 18 heavy (non-hydrogen) atoms. The standard InChI is InChI=1S/C11H14BrN5O/c1-11(18,8-3-16-17(2)6-8)7-15-10-13-4-9(12)5-14-10/h3-6,18H,7H2,1-2H3,(H,13,14,15). The first-order valence-corrected chi connectivity index (χ1v) is 6.19. The lowest BCUT2D eigenvalue weighted by atomic mass is 10.00. The molecule has 0 aliphatic rings. The van der Waals surface area contributed by atoms with Crippen LogP contribution in [-0.2, 0) is 12.6 Å². The molecule has 0 radical (unpaired) electrons. The summed E-state index contributed by atoms with van der Waals surface area (Å²) in [6.45, 7) is 2.02. The third-order valence-corrected chi connectivity index (χ3v) is 2.95. The smallest absolute Gasteiger partial charge is 0.222 e. The zero-order chi connectivity index (χ0) is 13.2. The Labute approximate surface area is 113 Å². The van der Waals surface area contributed by atoms with Crippen molar-refractivity contribution in [3.63, 3.8) is 0 Å². The maximum atomic E-state index is 10.3. The number of halogens is 1. The Morgan fingerprint density at radius 1 is 1.39 bits per heavy atom. The fourth-order valence-electron chi connectivity index (χ4n) is 1.46. The predicted molar refractivity (Wildman–Crippen MR) is 71.0 cm³/mol. The van der Waals surface area contributed by atoms with Gasteiger partial charge in [0.2, 0.25) is 5.95 Å². The Morgan fingerprint density at radius 3 is 2.61 bits per heavy atom. The highest BCUT2D eigenvalue weighted by Gasteiger charge is 2.24. The molecule has 0 bridgehead atoms. The number of aromatic nitrogens is 4. The fourth-order valence-corrected chi connectivity index (χ4v) is 1.66. The molecule has 1 unspecified atom stereocenters. The minimum Gasteiger partial charge on any atom is -0.383 e. The Balaban J connectivity index is 2.02. The number of hydrogen-bond acceptors (Lipinski definition) is 5. The van der Waals surface area contributed by atoms with Crippen molar-refractivity contribution in [1.29, 1.82) is 0 Å². The third kappa shape index (κ3) is 3.05. The molecule has 0 saturated heterocycles. The van der Waals surface area contributed by atoms with Crippen LogP contribution in [0.25, 0.3) is 0 Å². The van der Waals surface area contributed by atoms with Crippen LogP contribution in [0.3, 0.4) is 0 Å². The van der Waals surface area contributed by atoms with E-state index in [0.717, 1.165) is 10.0 Å². The Morgan fingerprint density at radius 2 is 2.06 bits per heavy atom. The summed E-state index contributed by atoms with van der Waals surface area (Å²) in [4.78, 5) is 8.16. The first kappa shape index (κ1) is 13.0. The van der Waals surface area contributed by atoms with Gasteiger partial charge in [0.25, 0.3) is 0 Å². The van der Waals surface area contributed by atoms with Gasteiger partial charge in [-0.1, -0.05) is 0 Å². The molecule has 0 aromatic carbocycles. The molecule has 0 spiro atoms.